The Morgan fingerprint density at radius 2 is 1.96 bits per heavy atom. The molecule has 0 aliphatic carbocycles. The average Bonchev–Trinajstić information content (AvgIpc) is 2.63. The third-order valence-corrected chi connectivity index (χ3v) is 4.77. The number of ether oxygens (including phenoxy) is 1. The van der Waals surface area contributed by atoms with E-state index in [4.69, 9.17) is 4.74 Å². The van der Waals surface area contributed by atoms with Gasteiger partial charge in [0.25, 0.3) is 0 Å². The second kappa shape index (κ2) is 8.35. The van der Waals surface area contributed by atoms with Crippen molar-refractivity contribution in [1.82, 2.24) is 15.1 Å². The summed E-state index contributed by atoms with van der Waals surface area (Å²) in [4.78, 5) is 17.0. The lowest BCUT2D eigenvalue weighted by Crippen LogP contribution is -2.63. The van der Waals surface area contributed by atoms with Gasteiger partial charge in [0.05, 0.1) is 6.61 Å². The Kier molecular flexibility index (Phi) is 5.93. The number of hydrogen-bond acceptors (Lipinski definition) is 4. The number of nitrogens with zero attached hydrogens (tertiary/aromatic N) is 2. The monoisotopic (exact) mass is 332 g/mol. The Labute approximate surface area is 144 Å². The molecule has 1 aromatic rings. The number of fused-ring (bicyclic) bond motifs is 3. The molecule has 6 heteroatoms. The number of nitrogens with one attached hydrogen (secondary N) is 2. The fourth-order valence-electron chi connectivity index (χ4n) is 3.27. The van der Waals surface area contributed by atoms with Crippen molar-refractivity contribution in [1.29, 1.82) is 0 Å². The van der Waals surface area contributed by atoms with Gasteiger partial charge in [0, 0.05) is 51.0 Å². The van der Waals surface area contributed by atoms with Gasteiger partial charge in [-0.1, -0.05) is 13.3 Å². The van der Waals surface area contributed by atoms with Crippen LogP contribution in [0.15, 0.2) is 24.3 Å². The number of piperazine rings is 3. The van der Waals surface area contributed by atoms with Crippen LogP contribution in [0.2, 0.25) is 0 Å². The molecule has 3 heterocycles. The van der Waals surface area contributed by atoms with Gasteiger partial charge in [0.2, 0.25) is 0 Å². The van der Waals surface area contributed by atoms with Crippen molar-refractivity contribution in [3.8, 4) is 5.75 Å². The molecule has 1 atom stereocenters. The van der Waals surface area contributed by atoms with E-state index in [9.17, 15) is 4.79 Å². The zero-order chi connectivity index (χ0) is 16.8. The largest absolute Gasteiger partial charge is 0.494 e. The van der Waals surface area contributed by atoms with E-state index in [1.165, 1.54) is 0 Å². The molecule has 4 rings (SSSR count). The molecule has 3 aliphatic heterocycles. The Morgan fingerprint density at radius 3 is 2.58 bits per heavy atom. The molecule has 1 aromatic carbocycles. The lowest BCUT2D eigenvalue weighted by Gasteiger charge is -2.47. The average molecular weight is 332 g/mol. The van der Waals surface area contributed by atoms with Crippen LogP contribution in [0.3, 0.4) is 0 Å². The number of urea groups is 1. The van der Waals surface area contributed by atoms with Crippen molar-refractivity contribution >= 4 is 11.7 Å². The summed E-state index contributed by atoms with van der Waals surface area (Å²) in [6.07, 6.45) is 2.17. The van der Waals surface area contributed by atoms with Crippen LogP contribution in [0.4, 0.5) is 10.5 Å². The van der Waals surface area contributed by atoms with Crippen LogP contribution < -0.4 is 15.4 Å². The summed E-state index contributed by atoms with van der Waals surface area (Å²) in [7, 11) is 0. The normalized spacial score (nSPS) is 25.3. The van der Waals surface area contributed by atoms with E-state index in [1.54, 1.807) is 0 Å². The molecule has 2 bridgehead atoms. The van der Waals surface area contributed by atoms with Crippen LogP contribution in [-0.4, -0.2) is 67.7 Å². The number of unbranched alkanes of at least 4 members (excludes halogenated alkanes) is 1. The number of rotatable bonds is 7. The lowest BCUT2D eigenvalue weighted by molar-refractivity contribution is 0.0149. The van der Waals surface area contributed by atoms with Gasteiger partial charge in [-0.15, -0.1) is 0 Å². The predicted octanol–water partition coefficient (Wildman–Crippen LogP) is 1.99. The zero-order valence-electron chi connectivity index (χ0n) is 14.5. The highest BCUT2D eigenvalue weighted by Crippen LogP contribution is 2.17. The van der Waals surface area contributed by atoms with Gasteiger partial charge >= 0.3 is 6.03 Å². The van der Waals surface area contributed by atoms with Crippen molar-refractivity contribution < 1.29 is 9.53 Å². The van der Waals surface area contributed by atoms with E-state index in [2.05, 4.69) is 27.4 Å². The number of hydrogen-bond donors (Lipinski definition) is 2. The van der Waals surface area contributed by atoms with Gasteiger partial charge in [-0.05, 0) is 30.7 Å². The topological polar surface area (TPSA) is 56.8 Å². The standard InChI is InChI=1S/C18H28N4O2/c1-2-3-12-24-17-6-4-15(5-7-17)20-18(23)19-13-16-14-21-8-10-22(16)11-9-21/h4-7,16H,2-3,8-14H2,1H3,(H2,19,20,23). The summed E-state index contributed by atoms with van der Waals surface area (Å²) >= 11 is 0. The summed E-state index contributed by atoms with van der Waals surface area (Å²) in [5.74, 6) is 0.842. The quantitative estimate of drug-likeness (QED) is 0.750. The fourth-order valence-corrected chi connectivity index (χ4v) is 3.27. The van der Waals surface area contributed by atoms with E-state index in [0.29, 0.717) is 12.6 Å². The third kappa shape index (κ3) is 4.61. The van der Waals surface area contributed by atoms with Gasteiger partial charge < -0.3 is 15.4 Å². The number of anilines is 1. The first-order chi connectivity index (χ1) is 11.7. The molecule has 6 nitrogen and oxygen atoms in total. The maximum absolute atomic E-state index is 12.1. The van der Waals surface area contributed by atoms with Crippen LogP contribution in [0.1, 0.15) is 19.8 Å². The van der Waals surface area contributed by atoms with Crippen molar-refractivity contribution in [3.05, 3.63) is 24.3 Å². The zero-order valence-corrected chi connectivity index (χ0v) is 14.5. The minimum absolute atomic E-state index is 0.146. The molecule has 3 saturated heterocycles. The summed E-state index contributed by atoms with van der Waals surface area (Å²) in [6, 6.07) is 7.83. The van der Waals surface area contributed by atoms with Crippen LogP contribution >= 0.6 is 0 Å². The van der Waals surface area contributed by atoms with E-state index in [0.717, 1.165) is 63.6 Å². The summed E-state index contributed by atoms with van der Waals surface area (Å²) < 4.78 is 5.62. The highest BCUT2D eigenvalue weighted by atomic mass is 16.5. The van der Waals surface area contributed by atoms with E-state index >= 15 is 0 Å². The maximum Gasteiger partial charge on any atom is 0.319 e. The summed E-state index contributed by atoms with van der Waals surface area (Å²) in [5.41, 5.74) is 0.782. The Bertz CT molecular complexity index is 526. The SMILES string of the molecule is CCCCOc1ccc(NC(=O)NCC2CN3CCN2CC3)cc1. The molecule has 0 aromatic heterocycles. The molecule has 3 fully saturated rings. The first kappa shape index (κ1) is 17.0. The number of carbonyl (C=O) groups excluding carboxylic acids is 1. The van der Waals surface area contributed by atoms with Gasteiger partial charge in [0.15, 0.2) is 0 Å². The molecule has 132 valence electrons. The summed E-state index contributed by atoms with van der Waals surface area (Å²) in [5, 5.41) is 5.87. The molecule has 3 aliphatic rings. The fraction of sp³-hybridized carbons (Fsp3) is 0.611. The van der Waals surface area contributed by atoms with Crippen molar-refractivity contribution in [2.45, 2.75) is 25.8 Å². The Balaban J connectivity index is 1.40. The molecular weight excluding hydrogens is 304 g/mol. The number of carbonyl (C=O) groups is 1. The third-order valence-electron chi connectivity index (χ3n) is 4.77. The Hall–Kier alpha value is -1.79. The van der Waals surface area contributed by atoms with Crippen LogP contribution in [0.5, 0.6) is 5.75 Å². The minimum atomic E-state index is -0.146. The van der Waals surface area contributed by atoms with Gasteiger partial charge in [-0.3, -0.25) is 9.80 Å². The van der Waals surface area contributed by atoms with E-state index in [1.807, 2.05) is 24.3 Å². The molecular formula is C18H28N4O2. The molecule has 0 radical (unpaired) electrons. The van der Waals surface area contributed by atoms with Crippen LogP contribution in [-0.2, 0) is 0 Å². The second-order valence-electron chi connectivity index (χ2n) is 6.55. The van der Waals surface area contributed by atoms with Gasteiger partial charge in [0.1, 0.15) is 5.75 Å². The maximum atomic E-state index is 12.1. The minimum Gasteiger partial charge on any atom is -0.494 e. The van der Waals surface area contributed by atoms with Gasteiger partial charge in [-0.25, -0.2) is 4.79 Å². The summed E-state index contributed by atoms with van der Waals surface area (Å²) in [6.45, 7) is 9.19. The smallest absolute Gasteiger partial charge is 0.319 e. The Morgan fingerprint density at radius 1 is 1.21 bits per heavy atom. The van der Waals surface area contributed by atoms with Gasteiger partial charge in [-0.2, -0.15) is 0 Å². The highest BCUT2D eigenvalue weighted by molar-refractivity contribution is 5.89. The van der Waals surface area contributed by atoms with E-state index in [-0.39, 0.29) is 6.03 Å². The first-order valence-corrected chi connectivity index (χ1v) is 8.98. The molecule has 0 spiro atoms. The molecule has 1 unspecified atom stereocenters. The lowest BCUT2D eigenvalue weighted by atomic mass is 10.1. The highest BCUT2D eigenvalue weighted by Gasteiger charge is 2.31. The molecule has 2 amide bonds. The van der Waals surface area contributed by atoms with Crippen LogP contribution in [0.25, 0.3) is 0 Å². The first-order valence-electron chi connectivity index (χ1n) is 8.98. The number of amides is 2. The number of benzene rings is 1. The van der Waals surface area contributed by atoms with Crippen molar-refractivity contribution in [3.63, 3.8) is 0 Å². The van der Waals surface area contributed by atoms with Crippen molar-refractivity contribution in [2.24, 2.45) is 0 Å². The molecule has 0 saturated carbocycles. The van der Waals surface area contributed by atoms with Crippen LogP contribution in [0, 0.1) is 0 Å². The van der Waals surface area contributed by atoms with Crippen molar-refractivity contribution in [2.75, 3.05) is 51.2 Å². The second-order valence-corrected chi connectivity index (χ2v) is 6.55. The predicted molar refractivity (Wildman–Crippen MR) is 95.7 cm³/mol. The molecule has 24 heavy (non-hydrogen) atoms. The van der Waals surface area contributed by atoms with E-state index < -0.39 is 0 Å². The molecule has 2 N–H and O–H groups in total.